The number of anilines is 1. The molecule has 0 saturated carbocycles. The Balaban J connectivity index is 1.46. The molecule has 0 aliphatic carbocycles. The minimum atomic E-state index is -0.362. The van der Waals surface area contributed by atoms with Gasteiger partial charge in [-0.25, -0.2) is 4.39 Å². The fourth-order valence-electron chi connectivity index (χ4n) is 3.33. The standard InChI is InChI=1S/C21H18FN5O2/c1-26(13-14-6-7-17-18(12-14)29-11-10-28-17)20-9-8-19-23-24-21(27(19)25-20)15-4-2-3-5-16(15)22/h2-9,12H,10-11,13H2,1H3. The summed E-state index contributed by atoms with van der Waals surface area (Å²) >= 11 is 0. The van der Waals surface area contributed by atoms with Gasteiger partial charge in [0.1, 0.15) is 24.8 Å². The van der Waals surface area contributed by atoms with Gasteiger partial charge in [-0.15, -0.1) is 15.3 Å². The zero-order valence-corrected chi connectivity index (χ0v) is 15.7. The van der Waals surface area contributed by atoms with Crippen molar-refractivity contribution in [2.24, 2.45) is 0 Å². The molecule has 0 spiro atoms. The highest BCUT2D eigenvalue weighted by Gasteiger charge is 2.16. The number of rotatable bonds is 4. The number of ether oxygens (including phenoxy) is 2. The highest BCUT2D eigenvalue weighted by Crippen LogP contribution is 2.31. The molecule has 29 heavy (non-hydrogen) atoms. The predicted octanol–water partition coefficient (Wildman–Crippen LogP) is 3.34. The Morgan fingerprint density at radius 1 is 1.00 bits per heavy atom. The zero-order chi connectivity index (χ0) is 19.8. The lowest BCUT2D eigenvalue weighted by atomic mass is 10.2. The maximum Gasteiger partial charge on any atom is 0.188 e. The van der Waals surface area contributed by atoms with Crippen molar-refractivity contribution in [1.29, 1.82) is 0 Å². The van der Waals surface area contributed by atoms with Crippen LogP contribution in [0.25, 0.3) is 17.0 Å². The molecule has 0 fully saturated rings. The van der Waals surface area contributed by atoms with Crippen LogP contribution in [-0.4, -0.2) is 40.1 Å². The van der Waals surface area contributed by atoms with Gasteiger partial charge < -0.3 is 14.4 Å². The summed E-state index contributed by atoms with van der Waals surface area (Å²) in [5.41, 5.74) is 1.98. The Morgan fingerprint density at radius 2 is 1.83 bits per heavy atom. The van der Waals surface area contributed by atoms with E-state index >= 15 is 0 Å². The summed E-state index contributed by atoms with van der Waals surface area (Å²) in [5.74, 6) is 2.24. The van der Waals surface area contributed by atoms with Gasteiger partial charge in [-0.3, -0.25) is 0 Å². The van der Waals surface area contributed by atoms with Gasteiger partial charge >= 0.3 is 0 Å². The van der Waals surface area contributed by atoms with Gasteiger partial charge in [-0.05, 0) is 42.0 Å². The van der Waals surface area contributed by atoms with Crippen LogP contribution in [0.5, 0.6) is 11.5 Å². The van der Waals surface area contributed by atoms with E-state index in [0.29, 0.717) is 42.6 Å². The van der Waals surface area contributed by atoms with Crippen molar-refractivity contribution in [3.05, 3.63) is 66.0 Å². The molecule has 0 amide bonds. The molecular weight excluding hydrogens is 373 g/mol. The largest absolute Gasteiger partial charge is 0.486 e. The number of halogens is 1. The second-order valence-corrected chi connectivity index (χ2v) is 6.80. The van der Waals surface area contributed by atoms with Crippen molar-refractivity contribution in [3.8, 4) is 22.9 Å². The van der Waals surface area contributed by atoms with E-state index in [0.717, 1.165) is 17.1 Å². The average molecular weight is 391 g/mol. The van der Waals surface area contributed by atoms with Crippen LogP contribution < -0.4 is 14.4 Å². The summed E-state index contributed by atoms with van der Waals surface area (Å²) in [7, 11) is 1.94. The molecule has 8 heteroatoms. The molecule has 1 aliphatic heterocycles. The minimum absolute atomic E-state index is 0.360. The van der Waals surface area contributed by atoms with E-state index in [-0.39, 0.29) is 5.82 Å². The van der Waals surface area contributed by atoms with Crippen molar-refractivity contribution >= 4 is 11.5 Å². The minimum Gasteiger partial charge on any atom is -0.486 e. The van der Waals surface area contributed by atoms with E-state index in [1.165, 1.54) is 6.07 Å². The monoisotopic (exact) mass is 391 g/mol. The molecule has 7 nitrogen and oxygen atoms in total. The van der Waals surface area contributed by atoms with Crippen LogP contribution in [-0.2, 0) is 6.54 Å². The molecule has 1 aliphatic rings. The third-order valence-electron chi connectivity index (χ3n) is 4.78. The number of benzene rings is 2. The lowest BCUT2D eigenvalue weighted by molar-refractivity contribution is 0.171. The van der Waals surface area contributed by atoms with E-state index in [1.807, 2.05) is 42.3 Å². The van der Waals surface area contributed by atoms with Crippen LogP contribution in [0.15, 0.2) is 54.6 Å². The van der Waals surface area contributed by atoms with E-state index in [4.69, 9.17) is 9.47 Å². The maximum atomic E-state index is 14.2. The summed E-state index contributed by atoms with van der Waals surface area (Å²) in [4.78, 5) is 2.00. The molecular formula is C21H18FN5O2. The van der Waals surface area contributed by atoms with Crippen molar-refractivity contribution in [1.82, 2.24) is 19.8 Å². The van der Waals surface area contributed by atoms with Crippen molar-refractivity contribution < 1.29 is 13.9 Å². The molecule has 3 heterocycles. The third-order valence-corrected chi connectivity index (χ3v) is 4.78. The lowest BCUT2D eigenvalue weighted by Gasteiger charge is -2.21. The van der Waals surface area contributed by atoms with Gasteiger partial charge in [0, 0.05) is 13.6 Å². The van der Waals surface area contributed by atoms with Crippen molar-refractivity contribution in [3.63, 3.8) is 0 Å². The van der Waals surface area contributed by atoms with Crippen molar-refractivity contribution in [2.75, 3.05) is 25.2 Å². The number of fused-ring (bicyclic) bond motifs is 2. The van der Waals surface area contributed by atoms with Crippen LogP contribution >= 0.6 is 0 Å². The number of hydrogen-bond donors (Lipinski definition) is 0. The maximum absolute atomic E-state index is 14.2. The number of aromatic nitrogens is 4. The molecule has 0 atom stereocenters. The topological polar surface area (TPSA) is 64.8 Å². The fourth-order valence-corrected chi connectivity index (χ4v) is 3.33. The molecule has 2 aromatic heterocycles. The van der Waals surface area contributed by atoms with Crippen molar-refractivity contribution in [2.45, 2.75) is 6.54 Å². The van der Waals surface area contributed by atoms with E-state index in [9.17, 15) is 4.39 Å². The van der Waals surface area contributed by atoms with E-state index < -0.39 is 0 Å². The van der Waals surface area contributed by atoms with Gasteiger partial charge in [-0.1, -0.05) is 18.2 Å². The Morgan fingerprint density at radius 3 is 2.69 bits per heavy atom. The van der Waals surface area contributed by atoms with Gasteiger partial charge in [0.25, 0.3) is 0 Å². The lowest BCUT2D eigenvalue weighted by Crippen LogP contribution is -2.20. The van der Waals surface area contributed by atoms with Crippen LogP contribution in [0.1, 0.15) is 5.56 Å². The molecule has 0 saturated heterocycles. The molecule has 0 bridgehead atoms. The fraction of sp³-hybridized carbons (Fsp3) is 0.190. The predicted molar refractivity (Wildman–Crippen MR) is 106 cm³/mol. The van der Waals surface area contributed by atoms with Crippen LogP contribution in [0.3, 0.4) is 0 Å². The van der Waals surface area contributed by atoms with Gasteiger partial charge in [-0.2, -0.15) is 4.52 Å². The summed E-state index contributed by atoms with van der Waals surface area (Å²) in [5, 5.41) is 12.9. The second kappa shape index (κ2) is 7.05. The first-order chi connectivity index (χ1) is 14.2. The molecule has 0 N–H and O–H groups in total. The van der Waals surface area contributed by atoms with Gasteiger partial charge in [0.05, 0.1) is 5.56 Å². The molecule has 5 rings (SSSR count). The van der Waals surface area contributed by atoms with Gasteiger partial charge in [0.2, 0.25) is 0 Å². The Kier molecular flexibility index (Phi) is 4.23. The molecule has 2 aromatic carbocycles. The highest BCUT2D eigenvalue weighted by atomic mass is 19.1. The third kappa shape index (κ3) is 3.22. The SMILES string of the molecule is CN(Cc1ccc2c(c1)OCCO2)c1ccc2nnc(-c3ccccc3F)n2n1. The van der Waals surface area contributed by atoms with E-state index in [2.05, 4.69) is 15.3 Å². The molecule has 0 radical (unpaired) electrons. The Hall–Kier alpha value is -3.68. The first-order valence-corrected chi connectivity index (χ1v) is 9.26. The zero-order valence-electron chi connectivity index (χ0n) is 15.7. The van der Waals surface area contributed by atoms with Gasteiger partial charge in [0.15, 0.2) is 23.0 Å². The normalized spacial score (nSPS) is 12.9. The smallest absolute Gasteiger partial charge is 0.188 e. The summed E-state index contributed by atoms with van der Waals surface area (Å²) in [6.07, 6.45) is 0. The quantitative estimate of drug-likeness (QED) is 0.532. The molecule has 0 unspecified atom stereocenters. The second-order valence-electron chi connectivity index (χ2n) is 6.80. The number of hydrogen-bond acceptors (Lipinski definition) is 6. The first kappa shape index (κ1) is 17.4. The van der Waals surface area contributed by atoms with Crippen LogP contribution in [0.4, 0.5) is 10.2 Å². The summed E-state index contributed by atoms with van der Waals surface area (Å²) < 4.78 is 27.0. The number of nitrogens with zero attached hydrogens (tertiary/aromatic N) is 5. The summed E-state index contributed by atoms with van der Waals surface area (Å²) in [6.45, 7) is 1.74. The van der Waals surface area contributed by atoms with E-state index in [1.54, 1.807) is 22.7 Å². The Labute approximate surface area is 166 Å². The summed E-state index contributed by atoms with van der Waals surface area (Å²) in [6, 6.07) is 16.1. The molecule has 4 aromatic rings. The first-order valence-electron chi connectivity index (χ1n) is 9.26. The molecule has 146 valence electrons. The average Bonchev–Trinajstić information content (AvgIpc) is 3.17. The highest BCUT2D eigenvalue weighted by molar-refractivity contribution is 5.60. The van der Waals surface area contributed by atoms with Crippen LogP contribution in [0.2, 0.25) is 0 Å². The Bertz CT molecular complexity index is 1190. The van der Waals surface area contributed by atoms with Crippen LogP contribution in [0, 0.1) is 5.82 Å².